The number of rotatable bonds is 1. The quantitative estimate of drug-likeness (QED) is 0.602. The van der Waals surface area contributed by atoms with E-state index in [2.05, 4.69) is 0 Å². The molecule has 0 N–H and O–H groups in total. The summed E-state index contributed by atoms with van der Waals surface area (Å²) in [6.07, 6.45) is 3.13. The van der Waals surface area contributed by atoms with Crippen molar-refractivity contribution in [2.45, 2.75) is 32.2 Å². The van der Waals surface area contributed by atoms with E-state index in [4.69, 9.17) is 4.74 Å². The smallest absolute Gasteiger partial charge is 0.257 e. The molecule has 0 saturated carbocycles. The Morgan fingerprint density at radius 3 is 2.67 bits per heavy atom. The topological polar surface area (TPSA) is 46.6 Å². The zero-order chi connectivity index (χ0) is 11.1. The van der Waals surface area contributed by atoms with Gasteiger partial charge in [0.1, 0.15) is 0 Å². The second-order valence-corrected chi connectivity index (χ2v) is 4.46. The highest BCUT2D eigenvalue weighted by molar-refractivity contribution is 6.16. The maximum atomic E-state index is 11.8. The molecule has 1 fully saturated rings. The Morgan fingerprint density at radius 1 is 1.47 bits per heavy atom. The zero-order valence-corrected chi connectivity index (χ0v) is 9.08. The van der Waals surface area contributed by atoms with Gasteiger partial charge in [0.15, 0.2) is 0 Å². The molecule has 82 valence electrons. The monoisotopic (exact) mass is 209 g/mol. The van der Waals surface area contributed by atoms with Gasteiger partial charge in [0.05, 0.1) is 12.1 Å². The number of hydrogen-bond acceptors (Lipinski definition) is 3. The Kier molecular flexibility index (Phi) is 2.38. The van der Waals surface area contributed by atoms with Crippen LogP contribution in [0.2, 0.25) is 0 Å². The number of amides is 2. The van der Waals surface area contributed by atoms with Gasteiger partial charge in [0, 0.05) is 18.3 Å². The van der Waals surface area contributed by atoms with E-state index >= 15 is 0 Å². The Bertz CT molecular complexity index is 340. The van der Waals surface area contributed by atoms with Crippen molar-refractivity contribution in [1.82, 2.24) is 4.90 Å². The molecule has 15 heavy (non-hydrogen) atoms. The van der Waals surface area contributed by atoms with Crippen molar-refractivity contribution >= 4 is 11.8 Å². The fourth-order valence-electron chi connectivity index (χ4n) is 2.19. The first kappa shape index (κ1) is 10.4. The second kappa shape index (κ2) is 3.45. The van der Waals surface area contributed by atoms with Crippen molar-refractivity contribution in [2.24, 2.45) is 0 Å². The minimum absolute atomic E-state index is 0.173. The van der Waals surface area contributed by atoms with E-state index in [9.17, 15) is 9.59 Å². The van der Waals surface area contributed by atoms with Crippen LogP contribution in [-0.4, -0.2) is 35.5 Å². The zero-order valence-electron chi connectivity index (χ0n) is 9.08. The Hall–Kier alpha value is -1.16. The maximum absolute atomic E-state index is 11.8. The van der Waals surface area contributed by atoms with Crippen molar-refractivity contribution in [1.29, 1.82) is 0 Å². The summed E-state index contributed by atoms with van der Waals surface area (Å²) < 4.78 is 5.36. The minimum atomic E-state index is -0.458. The molecule has 1 unspecified atom stereocenters. The van der Waals surface area contributed by atoms with Crippen molar-refractivity contribution in [3.63, 3.8) is 0 Å². The Balaban J connectivity index is 2.24. The van der Waals surface area contributed by atoms with E-state index in [-0.39, 0.29) is 11.8 Å². The third-order valence-corrected chi connectivity index (χ3v) is 3.06. The first-order valence-electron chi connectivity index (χ1n) is 5.19. The molecule has 4 heteroatoms. The van der Waals surface area contributed by atoms with E-state index in [0.29, 0.717) is 12.2 Å². The highest BCUT2D eigenvalue weighted by atomic mass is 16.5. The molecule has 1 saturated heterocycles. The second-order valence-electron chi connectivity index (χ2n) is 4.46. The molecule has 0 aromatic carbocycles. The van der Waals surface area contributed by atoms with Crippen LogP contribution in [-0.2, 0) is 14.3 Å². The van der Waals surface area contributed by atoms with Crippen LogP contribution in [0.3, 0.4) is 0 Å². The van der Waals surface area contributed by atoms with Crippen LogP contribution in [0.5, 0.6) is 0 Å². The van der Waals surface area contributed by atoms with Crippen LogP contribution >= 0.6 is 0 Å². The molecule has 0 aliphatic carbocycles. The molecule has 1 atom stereocenters. The molecule has 2 rings (SSSR count). The van der Waals surface area contributed by atoms with Crippen LogP contribution in [0.15, 0.2) is 11.6 Å². The standard InChI is InChI=1S/C11H15NO3/c1-8-6-9(13)12(10(8)14)11(2)4-3-5-15-7-11/h6H,3-5,7H2,1-2H3. The molecule has 0 aromatic heterocycles. The molecular formula is C11H15NO3. The lowest BCUT2D eigenvalue weighted by Crippen LogP contribution is -2.54. The fourth-order valence-corrected chi connectivity index (χ4v) is 2.19. The molecule has 4 nitrogen and oxygen atoms in total. The molecule has 2 heterocycles. The summed E-state index contributed by atoms with van der Waals surface area (Å²) in [7, 11) is 0. The third-order valence-electron chi connectivity index (χ3n) is 3.06. The summed E-state index contributed by atoms with van der Waals surface area (Å²) in [5.74, 6) is -0.376. The highest BCUT2D eigenvalue weighted by Gasteiger charge is 2.43. The van der Waals surface area contributed by atoms with E-state index in [0.717, 1.165) is 19.4 Å². The van der Waals surface area contributed by atoms with Gasteiger partial charge in [0.25, 0.3) is 11.8 Å². The van der Waals surface area contributed by atoms with Crippen LogP contribution in [0.25, 0.3) is 0 Å². The van der Waals surface area contributed by atoms with Gasteiger partial charge in [-0.3, -0.25) is 14.5 Å². The van der Waals surface area contributed by atoms with Gasteiger partial charge in [-0.25, -0.2) is 0 Å². The average molecular weight is 209 g/mol. The number of carbonyl (C=O) groups is 2. The van der Waals surface area contributed by atoms with Gasteiger partial charge in [-0.2, -0.15) is 0 Å². The maximum Gasteiger partial charge on any atom is 0.257 e. The normalized spacial score (nSPS) is 32.1. The van der Waals surface area contributed by atoms with Crippen LogP contribution in [0, 0.1) is 0 Å². The van der Waals surface area contributed by atoms with E-state index < -0.39 is 5.54 Å². The summed E-state index contributed by atoms with van der Waals surface area (Å²) in [5.41, 5.74) is 0.0625. The third kappa shape index (κ3) is 1.59. The molecule has 0 spiro atoms. The van der Waals surface area contributed by atoms with Gasteiger partial charge >= 0.3 is 0 Å². The Labute approximate surface area is 88.9 Å². The largest absolute Gasteiger partial charge is 0.379 e. The van der Waals surface area contributed by atoms with Crippen LogP contribution in [0.4, 0.5) is 0 Å². The SMILES string of the molecule is CC1=CC(=O)N(C2(C)CCCOC2)C1=O. The first-order valence-corrected chi connectivity index (χ1v) is 5.19. The van der Waals surface area contributed by atoms with Gasteiger partial charge in [-0.05, 0) is 26.7 Å². The number of imide groups is 1. The summed E-state index contributed by atoms with van der Waals surface area (Å²) >= 11 is 0. The summed E-state index contributed by atoms with van der Waals surface area (Å²) in [4.78, 5) is 24.8. The molecule has 2 aliphatic rings. The number of ether oxygens (including phenoxy) is 1. The van der Waals surface area contributed by atoms with Gasteiger partial charge in [-0.15, -0.1) is 0 Å². The van der Waals surface area contributed by atoms with Gasteiger partial charge in [0.2, 0.25) is 0 Å². The lowest BCUT2D eigenvalue weighted by molar-refractivity contribution is -0.149. The Morgan fingerprint density at radius 2 is 2.20 bits per heavy atom. The van der Waals surface area contributed by atoms with Crippen LogP contribution in [0.1, 0.15) is 26.7 Å². The molecule has 0 radical (unpaired) electrons. The van der Waals surface area contributed by atoms with Crippen LogP contribution < -0.4 is 0 Å². The predicted octanol–water partition coefficient (Wildman–Crippen LogP) is 0.871. The minimum Gasteiger partial charge on any atom is -0.379 e. The van der Waals surface area contributed by atoms with E-state index in [1.165, 1.54) is 11.0 Å². The summed E-state index contributed by atoms with van der Waals surface area (Å²) in [5, 5.41) is 0. The van der Waals surface area contributed by atoms with Crippen molar-refractivity contribution < 1.29 is 14.3 Å². The van der Waals surface area contributed by atoms with E-state index in [1.807, 2.05) is 6.92 Å². The van der Waals surface area contributed by atoms with Crippen molar-refractivity contribution in [3.8, 4) is 0 Å². The van der Waals surface area contributed by atoms with Gasteiger partial charge < -0.3 is 4.74 Å². The van der Waals surface area contributed by atoms with E-state index in [1.54, 1.807) is 6.92 Å². The molecule has 2 aliphatic heterocycles. The molecule has 0 aromatic rings. The lowest BCUT2D eigenvalue weighted by Gasteiger charge is -2.40. The summed E-state index contributed by atoms with van der Waals surface area (Å²) in [6.45, 7) is 4.76. The molecule has 0 bridgehead atoms. The van der Waals surface area contributed by atoms with Gasteiger partial charge in [-0.1, -0.05) is 0 Å². The molecular weight excluding hydrogens is 194 g/mol. The summed E-state index contributed by atoms with van der Waals surface area (Å²) in [6, 6.07) is 0. The fraction of sp³-hybridized carbons (Fsp3) is 0.636. The predicted molar refractivity (Wildman–Crippen MR) is 54.1 cm³/mol. The number of carbonyl (C=O) groups excluding carboxylic acids is 2. The number of nitrogens with zero attached hydrogens (tertiary/aromatic N) is 1. The lowest BCUT2D eigenvalue weighted by atomic mass is 9.92. The molecule has 2 amide bonds. The van der Waals surface area contributed by atoms with Crippen molar-refractivity contribution in [3.05, 3.63) is 11.6 Å². The van der Waals surface area contributed by atoms with Crippen molar-refractivity contribution in [2.75, 3.05) is 13.2 Å². The average Bonchev–Trinajstić information content (AvgIpc) is 2.42. The number of hydrogen-bond donors (Lipinski definition) is 0. The highest BCUT2D eigenvalue weighted by Crippen LogP contribution is 2.30. The first-order chi connectivity index (χ1) is 7.04.